The quantitative estimate of drug-likeness (QED) is 0.135. The van der Waals surface area contributed by atoms with Gasteiger partial charge in [-0.3, -0.25) is 9.08 Å². The van der Waals surface area contributed by atoms with Gasteiger partial charge >= 0.3 is 174 Å². The zero-order valence-electron chi connectivity index (χ0n) is 19.3. The predicted molar refractivity (Wildman–Crippen MR) is 149 cm³/mol. The first-order chi connectivity index (χ1) is 16.0. The Morgan fingerprint density at radius 2 is 1.70 bits per heavy atom. The molecule has 0 bridgehead atoms. The van der Waals surface area contributed by atoms with E-state index in [4.69, 9.17) is 18.7 Å². The van der Waals surface area contributed by atoms with Crippen LogP contribution in [0.1, 0.15) is 84.9 Å². The summed E-state index contributed by atoms with van der Waals surface area (Å²) in [6.07, 6.45) is 9.53. The topological polar surface area (TPSA) is 144 Å². The van der Waals surface area contributed by atoms with Crippen LogP contribution in [0.5, 0.6) is 0 Å². The number of hydrogen-bond acceptors (Lipinski definition) is 7. The van der Waals surface area contributed by atoms with Crippen molar-refractivity contribution in [1.82, 2.24) is 0 Å². The van der Waals surface area contributed by atoms with Gasteiger partial charge in [0.05, 0.1) is 16.9 Å². The van der Waals surface area contributed by atoms with E-state index in [1.54, 1.807) is 6.08 Å². The monoisotopic (exact) mass is 636 g/mol. The molecular formula is C23H36K3O9PS. The van der Waals surface area contributed by atoms with Crippen LogP contribution in [-0.2, 0) is 23.7 Å². The molecule has 9 nitrogen and oxygen atoms in total. The molecule has 1 aliphatic carbocycles. The molecule has 196 valence electrons. The van der Waals surface area contributed by atoms with Gasteiger partial charge in [0.25, 0.3) is 10.1 Å². The Morgan fingerprint density at radius 1 is 1.08 bits per heavy atom. The molecule has 1 aromatic rings. The van der Waals surface area contributed by atoms with Crippen molar-refractivity contribution in [3.63, 3.8) is 0 Å². The second-order valence-electron chi connectivity index (χ2n) is 8.46. The molecule has 1 atom stereocenters. The van der Waals surface area contributed by atoms with Gasteiger partial charge in [-0.25, -0.2) is 14.2 Å². The third-order valence-electron chi connectivity index (χ3n) is 5.90. The third-order valence-corrected chi connectivity index (χ3v) is 8.70. The summed E-state index contributed by atoms with van der Waals surface area (Å²) in [6, 6.07) is 5.23. The van der Waals surface area contributed by atoms with Crippen LogP contribution in [-0.4, -0.2) is 197 Å². The summed E-state index contributed by atoms with van der Waals surface area (Å²) in [5.41, 5.74) is -0.163. The summed E-state index contributed by atoms with van der Waals surface area (Å²) in [5.74, 6) is -1.91. The van der Waals surface area contributed by atoms with Crippen LogP contribution < -0.4 is 0 Å². The van der Waals surface area contributed by atoms with E-state index in [1.807, 2.05) is 0 Å². The van der Waals surface area contributed by atoms with E-state index < -0.39 is 29.7 Å². The van der Waals surface area contributed by atoms with Gasteiger partial charge in [0.15, 0.2) is 0 Å². The van der Waals surface area contributed by atoms with Gasteiger partial charge in [0.2, 0.25) is 0 Å². The van der Waals surface area contributed by atoms with Crippen molar-refractivity contribution in [3.05, 3.63) is 46.8 Å². The number of carbonyl (C=O) groups excluding carboxylic acids is 1. The van der Waals surface area contributed by atoms with Crippen molar-refractivity contribution >= 4 is 184 Å². The van der Waals surface area contributed by atoms with Crippen molar-refractivity contribution in [2.45, 2.75) is 64.2 Å². The molecule has 1 saturated carbocycles. The van der Waals surface area contributed by atoms with Crippen molar-refractivity contribution in [3.8, 4) is 0 Å². The second kappa shape index (κ2) is 21.6. The molecular weight excluding hydrogens is 601 g/mol. The number of unbranched alkanes of at least 4 members (excludes halogenated alkanes) is 2. The molecule has 0 radical (unpaired) electrons. The summed E-state index contributed by atoms with van der Waals surface area (Å²) in [4.78, 5) is 23.9. The SMILES string of the molecule is COP(=O)(OC(=O)c1cccc(C(=O)O)c1)/C(=C/CCCCS(=O)(=O)O)CCCC1CCCC1.[KH].[KH].[KH]. The first kappa shape index (κ1) is 42.0. The van der Waals surface area contributed by atoms with E-state index in [1.165, 1.54) is 51.0 Å². The first-order valence-electron chi connectivity index (χ1n) is 11.4. The fraction of sp³-hybridized carbons (Fsp3) is 0.565. The summed E-state index contributed by atoms with van der Waals surface area (Å²) in [5, 5.41) is 9.48. The summed E-state index contributed by atoms with van der Waals surface area (Å²) >= 11 is 0. The Bertz CT molecular complexity index is 1040. The number of aromatic carboxylic acids is 1. The molecule has 2 N–H and O–H groups in total. The van der Waals surface area contributed by atoms with Crippen molar-refractivity contribution in [2.24, 2.45) is 5.92 Å². The van der Waals surface area contributed by atoms with Crippen LogP contribution in [0.15, 0.2) is 35.7 Å². The molecule has 1 fully saturated rings. The number of carboxylic acid groups (broad SMARTS) is 1. The summed E-state index contributed by atoms with van der Waals surface area (Å²) < 4.78 is 54.7. The van der Waals surface area contributed by atoms with E-state index in [2.05, 4.69) is 0 Å². The molecule has 1 unspecified atom stereocenters. The molecule has 1 aromatic carbocycles. The first-order valence-corrected chi connectivity index (χ1v) is 14.6. The number of hydrogen-bond donors (Lipinski definition) is 2. The molecule has 1 aliphatic rings. The summed E-state index contributed by atoms with van der Waals surface area (Å²) in [6.45, 7) is 0. The molecule has 2 rings (SSSR count). The average Bonchev–Trinajstić information content (AvgIpc) is 3.30. The van der Waals surface area contributed by atoms with Crippen LogP contribution in [0.4, 0.5) is 0 Å². The predicted octanol–water partition coefficient (Wildman–Crippen LogP) is 3.74. The number of rotatable bonds is 14. The minimum absolute atomic E-state index is 0. The third kappa shape index (κ3) is 16.4. The average molecular weight is 637 g/mol. The summed E-state index contributed by atoms with van der Waals surface area (Å²) in [7, 11) is -6.88. The Labute approximate surface area is 347 Å². The van der Waals surface area contributed by atoms with Crippen molar-refractivity contribution < 1.29 is 41.3 Å². The van der Waals surface area contributed by atoms with Gasteiger partial charge in [-0.15, -0.1) is 0 Å². The Hall–Kier alpha value is 2.91. The van der Waals surface area contributed by atoms with E-state index in [-0.39, 0.29) is 177 Å². The Morgan fingerprint density at radius 3 is 2.27 bits per heavy atom. The minimum atomic E-state index is -4.05. The number of allylic oxidation sites excluding steroid dienone is 2. The number of carboxylic acids is 1. The van der Waals surface area contributed by atoms with E-state index in [0.717, 1.165) is 18.9 Å². The fourth-order valence-corrected chi connectivity index (χ4v) is 6.18. The van der Waals surface area contributed by atoms with Crippen LogP contribution in [0.2, 0.25) is 0 Å². The fourth-order valence-electron chi connectivity index (χ4n) is 4.07. The van der Waals surface area contributed by atoms with Crippen molar-refractivity contribution in [2.75, 3.05) is 12.9 Å². The van der Waals surface area contributed by atoms with E-state index in [9.17, 15) is 22.6 Å². The van der Waals surface area contributed by atoms with Crippen LogP contribution in [0, 0.1) is 5.92 Å². The maximum absolute atomic E-state index is 13.5. The molecule has 37 heavy (non-hydrogen) atoms. The van der Waals surface area contributed by atoms with Gasteiger partial charge in [-0.1, -0.05) is 44.2 Å². The zero-order valence-corrected chi connectivity index (χ0v) is 21.1. The number of carbonyl (C=O) groups is 2. The molecule has 0 heterocycles. The zero-order chi connectivity index (χ0) is 25.2. The molecule has 14 heteroatoms. The molecule has 0 amide bonds. The van der Waals surface area contributed by atoms with Gasteiger partial charge in [-0.2, -0.15) is 8.42 Å². The van der Waals surface area contributed by atoms with Gasteiger partial charge in [0, 0.05) is 12.4 Å². The van der Waals surface area contributed by atoms with Gasteiger partial charge in [0.1, 0.15) is 0 Å². The van der Waals surface area contributed by atoms with Crippen LogP contribution in [0.3, 0.4) is 0 Å². The van der Waals surface area contributed by atoms with E-state index in [0.29, 0.717) is 30.5 Å². The normalized spacial score (nSPS) is 15.5. The van der Waals surface area contributed by atoms with Crippen LogP contribution >= 0.6 is 7.60 Å². The maximum atomic E-state index is 13.5. The Kier molecular flexibility index (Phi) is 24.5. The molecule has 0 aliphatic heterocycles. The molecule has 0 spiro atoms. The standard InChI is InChI=1S/C23H33O9PS.3K.3H/c1-31-33(27,32-23(26)20-13-8-12-19(17-20)22(24)25)21(14-3-2-6-16-34(28,29)30)15-7-11-18-9-4-5-10-18;;;;;;/h8,12-14,17-18H,2-7,9-11,15-16H2,1H3,(H,24,25)(H,28,29,30);;;;;;/b21-14+;;;;;;. The van der Waals surface area contributed by atoms with Gasteiger partial charge in [-0.05, 0) is 56.2 Å². The number of benzene rings is 1. The van der Waals surface area contributed by atoms with Crippen LogP contribution in [0.25, 0.3) is 0 Å². The molecule has 0 aromatic heterocycles. The van der Waals surface area contributed by atoms with E-state index >= 15 is 0 Å². The molecule has 0 saturated heterocycles. The van der Waals surface area contributed by atoms with Crippen molar-refractivity contribution in [1.29, 1.82) is 0 Å². The Balaban J connectivity index is 0. The second-order valence-corrected chi connectivity index (χ2v) is 12.2. The van der Waals surface area contributed by atoms with Gasteiger partial charge < -0.3 is 9.63 Å².